The Labute approximate surface area is 138 Å². The Bertz CT molecular complexity index is 571. The van der Waals surface area contributed by atoms with Crippen LogP contribution in [0.5, 0.6) is 11.5 Å². The fourth-order valence-corrected chi connectivity index (χ4v) is 2.42. The Kier molecular flexibility index (Phi) is 5.69. The van der Waals surface area contributed by atoms with Crippen LogP contribution in [-0.4, -0.2) is 6.04 Å². The first-order valence-electron chi connectivity index (χ1n) is 6.56. The molecule has 2 nitrogen and oxygen atoms in total. The molecule has 4 heteroatoms. The van der Waals surface area contributed by atoms with Crippen LogP contribution in [0.4, 0.5) is 0 Å². The summed E-state index contributed by atoms with van der Waals surface area (Å²) in [5, 5.41) is 0.707. The number of ether oxygens (including phenoxy) is 1. The van der Waals surface area contributed by atoms with Gasteiger partial charge in [-0.25, -0.2) is 0 Å². The normalized spacial score (nSPS) is 12.2. The predicted molar refractivity (Wildman–Crippen MR) is 92.7 cm³/mol. The Morgan fingerprint density at radius 2 is 1.90 bits per heavy atom. The van der Waals surface area contributed by atoms with Gasteiger partial charge in [0.25, 0.3) is 0 Å². The van der Waals surface area contributed by atoms with Crippen molar-refractivity contribution in [3.8, 4) is 11.5 Å². The fourth-order valence-electron chi connectivity index (χ4n) is 1.86. The molecule has 0 fully saturated rings. The molecule has 0 bridgehead atoms. The van der Waals surface area contributed by atoms with Crippen molar-refractivity contribution in [2.24, 2.45) is 5.73 Å². The second kappa shape index (κ2) is 7.29. The summed E-state index contributed by atoms with van der Waals surface area (Å²) < 4.78 is 7.13. The lowest BCUT2D eigenvalue weighted by Gasteiger charge is -2.14. The first-order chi connectivity index (χ1) is 9.58. The lowest BCUT2D eigenvalue weighted by molar-refractivity contribution is 0.472. The molecule has 0 aliphatic rings. The van der Waals surface area contributed by atoms with E-state index in [1.807, 2.05) is 42.5 Å². The average molecular weight is 402 g/mol. The van der Waals surface area contributed by atoms with Gasteiger partial charge in [-0.3, -0.25) is 0 Å². The molecule has 0 amide bonds. The van der Waals surface area contributed by atoms with Gasteiger partial charge >= 0.3 is 0 Å². The number of hydrogen-bond acceptors (Lipinski definition) is 2. The maximum absolute atomic E-state index is 6.07. The van der Waals surface area contributed by atoms with Gasteiger partial charge in [-0.15, -0.1) is 0 Å². The van der Waals surface area contributed by atoms with Crippen LogP contribution in [-0.2, 0) is 6.42 Å². The summed E-state index contributed by atoms with van der Waals surface area (Å²) in [5.41, 5.74) is 7.08. The molecule has 0 aliphatic carbocycles. The van der Waals surface area contributed by atoms with Crippen LogP contribution in [0.25, 0.3) is 0 Å². The fraction of sp³-hybridized carbons (Fsp3) is 0.250. The van der Waals surface area contributed by atoms with Crippen molar-refractivity contribution in [3.63, 3.8) is 0 Å². The van der Waals surface area contributed by atoms with Crippen LogP contribution >= 0.6 is 34.2 Å². The summed E-state index contributed by atoms with van der Waals surface area (Å²) in [7, 11) is 0. The van der Waals surface area contributed by atoms with Crippen molar-refractivity contribution in [1.29, 1.82) is 0 Å². The zero-order chi connectivity index (χ0) is 14.5. The molecule has 0 radical (unpaired) electrons. The highest BCUT2D eigenvalue weighted by atomic mass is 127. The van der Waals surface area contributed by atoms with Crippen LogP contribution < -0.4 is 10.5 Å². The average Bonchev–Trinajstić information content (AvgIpc) is 2.44. The molecule has 2 rings (SSSR count). The standard InChI is InChI=1S/C16H17ClINO/c1-2-14(19)10-11-9-12(17)3-8-16(11)20-15-6-4-13(18)5-7-15/h3-9,14H,2,10,19H2,1H3. The van der Waals surface area contributed by atoms with E-state index in [4.69, 9.17) is 22.1 Å². The maximum atomic E-state index is 6.07. The smallest absolute Gasteiger partial charge is 0.130 e. The molecule has 1 unspecified atom stereocenters. The number of rotatable bonds is 5. The zero-order valence-corrected chi connectivity index (χ0v) is 14.2. The lowest BCUT2D eigenvalue weighted by Crippen LogP contribution is -2.21. The molecular weight excluding hydrogens is 385 g/mol. The molecule has 0 spiro atoms. The van der Waals surface area contributed by atoms with E-state index >= 15 is 0 Å². The summed E-state index contributed by atoms with van der Waals surface area (Å²) >= 11 is 8.34. The van der Waals surface area contributed by atoms with Crippen LogP contribution in [0, 0.1) is 3.57 Å². The topological polar surface area (TPSA) is 35.2 Å². The van der Waals surface area contributed by atoms with Gasteiger partial charge < -0.3 is 10.5 Å². The Balaban J connectivity index is 2.23. The molecule has 0 heterocycles. The lowest BCUT2D eigenvalue weighted by atomic mass is 10.0. The van der Waals surface area contributed by atoms with E-state index < -0.39 is 0 Å². The highest BCUT2D eigenvalue weighted by Gasteiger charge is 2.10. The first kappa shape index (κ1) is 15.6. The highest BCUT2D eigenvalue weighted by Crippen LogP contribution is 2.29. The van der Waals surface area contributed by atoms with E-state index in [2.05, 4.69) is 29.5 Å². The second-order valence-electron chi connectivity index (χ2n) is 4.68. The van der Waals surface area contributed by atoms with E-state index in [1.54, 1.807) is 0 Å². The van der Waals surface area contributed by atoms with Gasteiger partial charge in [0, 0.05) is 14.6 Å². The number of hydrogen-bond donors (Lipinski definition) is 1. The Morgan fingerprint density at radius 1 is 1.20 bits per heavy atom. The quantitative estimate of drug-likeness (QED) is 0.714. The summed E-state index contributed by atoms with van der Waals surface area (Å²) in [5.74, 6) is 1.64. The summed E-state index contributed by atoms with van der Waals surface area (Å²) in [4.78, 5) is 0. The van der Waals surface area contributed by atoms with E-state index in [9.17, 15) is 0 Å². The molecule has 2 N–H and O–H groups in total. The minimum atomic E-state index is 0.118. The van der Waals surface area contributed by atoms with Crippen molar-refractivity contribution in [1.82, 2.24) is 0 Å². The molecule has 0 saturated carbocycles. The SMILES string of the molecule is CCC(N)Cc1cc(Cl)ccc1Oc1ccc(I)cc1. The van der Waals surface area contributed by atoms with E-state index in [0.717, 1.165) is 29.9 Å². The van der Waals surface area contributed by atoms with Gasteiger partial charge in [0.1, 0.15) is 11.5 Å². The minimum absolute atomic E-state index is 0.118. The van der Waals surface area contributed by atoms with E-state index in [1.165, 1.54) is 3.57 Å². The Hall–Kier alpha value is -0.780. The third kappa shape index (κ3) is 4.36. The number of halogens is 2. The summed E-state index contributed by atoms with van der Waals surface area (Å²) in [6, 6.07) is 13.7. The third-order valence-corrected chi connectivity index (χ3v) is 4.02. The molecule has 1 atom stereocenters. The molecular formula is C16H17ClINO. The molecule has 0 aromatic heterocycles. The van der Waals surface area contributed by atoms with Gasteiger partial charge in [0.15, 0.2) is 0 Å². The summed E-state index contributed by atoms with van der Waals surface area (Å²) in [6.07, 6.45) is 1.69. The van der Waals surface area contributed by atoms with E-state index in [-0.39, 0.29) is 6.04 Å². The van der Waals surface area contributed by atoms with Gasteiger partial charge in [-0.05, 0) is 83.5 Å². The van der Waals surface area contributed by atoms with E-state index in [0.29, 0.717) is 5.02 Å². The monoisotopic (exact) mass is 401 g/mol. The molecule has 106 valence electrons. The first-order valence-corrected chi connectivity index (χ1v) is 8.01. The zero-order valence-electron chi connectivity index (χ0n) is 11.3. The number of benzene rings is 2. The molecule has 20 heavy (non-hydrogen) atoms. The van der Waals surface area contributed by atoms with Crippen LogP contribution in [0.15, 0.2) is 42.5 Å². The molecule has 2 aromatic rings. The summed E-state index contributed by atoms with van der Waals surface area (Å²) in [6.45, 7) is 2.08. The maximum Gasteiger partial charge on any atom is 0.130 e. The van der Waals surface area contributed by atoms with Crippen molar-refractivity contribution in [2.75, 3.05) is 0 Å². The van der Waals surface area contributed by atoms with Crippen molar-refractivity contribution < 1.29 is 4.74 Å². The van der Waals surface area contributed by atoms with Crippen LogP contribution in [0.2, 0.25) is 5.02 Å². The predicted octanol–water partition coefficient (Wildman–Crippen LogP) is 5.02. The second-order valence-corrected chi connectivity index (χ2v) is 6.36. The van der Waals surface area contributed by atoms with Crippen molar-refractivity contribution in [3.05, 3.63) is 56.6 Å². The van der Waals surface area contributed by atoms with Gasteiger partial charge in [0.2, 0.25) is 0 Å². The molecule has 2 aromatic carbocycles. The number of nitrogens with two attached hydrogens (primary N) is 1. The Morgan fingerprint density at radius 3 is 2.55 bits per heavy atom. The minimum Gasteiger partial charge on any atom is -0.457 e. The van der Waals surface area contributed by atoms with Crippen molar-refractivity contribution >= 4 is 34.2 Å². The van der Waals surface area contributed by atoms with Gasteiger partial charge in [0.05, 0.1) is 0 Å². The van der Waals surface area contributed by atoms with Crippen LogP contribution in [0.1, 0.15) is 18.9 Å². The highest BCUT2D eigenvalue weighted by molar-refractivity contribution is 14.1. The molecule has 0 saturated heterocycles. The van der Waals surface area contributed by atoms with Crippen LogP contribution in [0.3, 0.4) is 0 Å². The van der Waals surface area contributed by atoms with Gasteiger partial charge in [-0.2, -0.15) is 0 Å². The molecule has 0 aliphatic heterocycles. The third-order valence-electron chi connectivity index (χ3n) is 3.07. The van der Waals surface area contributed by atoms with Gasteiger partial charge in [-0.1, -0.05) is 18.5 Å². The largest absolute Gasteiger partial charge is 0.457 e. The van der Waals surface area contributed by atoms with Crippen molar-refractivity contribution in [2.45, 2.75) is 25.8 Å².